The highest BCUT2D eigenvalue weighted by molar-refractivity contribution is 8.93. The molecule has 0 spiro atoms. The second-order valence-electron chi connectivity index (χ2n) is 6.62. The minimum atomic E-state index is -0.0243. The summed E-state index contributed by atoms with van der Waals surface area (Å²) in [5.74, 6) is 0.312. The number of fused-ring (bicyclic) bond motifs is 2. The quantitative estimate of drug-likeness (QED) is 0.723. The van der Waals surface area contributed by atoms with Crippen molar-refractivity contribution in [2.24, 2.45) is 0 Å². The molecule has 0 bridgehead atoms. The van der Waals surface area contributed by atoms with Gasteiger partial charge < -0.3 is 15.1 Å². The summed E-state index contributed by atoms with van der Waals surface area (Å²) in [7, 11) is 2.13. The predicted octanol–water partition coefficient (Wildman–Crippen LogP) is 4.10. The predicted molar refractivity (Wildman–Crippen MR) is 102 cm³/mol. The molecule has 1 aliphatic carbocycles. The van der Waals surface area contributed by atoms with E-state index in [1.165, 1.54) is 16.7 Å². The van der Waals surface area contributed by atoms with Gasteiger partial charge in [0.25, 0.3) is 0 Å². The third kappa shape index (κ3) is 2.74. The number of nitrogens with zero attached hydrogens (tertiary/aromatic N) is 1. The van der Waals surface area contributed by atoms with Crippen LogP contribution >= 0.6 is 17.0 Å². The van der Waals surface area contributed by atoms with Gasteiger partial charge in [-0.15, -0.1) is 17.0 Å². The molecule has 4 heteroatoms. The summed E-state index contributed by atoms with van der Waals surface area (Å²) < 4.78 is 0. The van der Waals surface area contributed by atoms with Crippen molar-refractivity contribution < 1.29 is 10.2 Å². The molecule has 0 fully saturated rings. The summed E-state index contributed by atoms with van der Waals surface area (Å²) in [6.07, 6.45) is 1.81. The summed E-state index contributed by atoms with van der Waals surface area (Å²) in [5, 5.41) is 20.3. The number of halogens is 1. The molecule has 2 aliphatic rings. The maximum atomic E-state index is 10.4. The van der Waals surface area contributed by atoms with Crippen LogP contribution in [0.25, 0.3) is 5.57 Å². The molecule has 0 aromatic heterocycles. The number of phenols is 2. The summed E-state index contributed by atoms with van der Waals surface area (Å²) in [5.41, 5.74) is 6.09. The highest BCUT2D eigenvalue weighted by atomic mass is 79.9. The first-order chi connectivity index (χ1) is 11.1. The lowest BCUT2D eigenvalue weighted by Crippen LogP contribution is -2.31. The number of benzene rings is 2. The SMILES string of the molecule is Br.CN1CCC2=C(C1)c1ccc(O)c(O)c1CC2c1ccccc1. The molecule has 2 N–H and O–H groups in total. The van der Waals surface area contributed by atoms with E-state index in [2.05, 4.69) is 36.2 Å². The molecule has 2 aromatic rings. The van der Waals surface area contributed by atoms with Crippen LogP contribution in [0.1, 0.15) is 29.0 Å². The highest BCUT2D eigenvalue weighted by Crippen LogP contribution is 2.47. The van der Waals surface area contributed by atoms with E-state index in [0.717, 1.165) is 37.1 Å². The van der Waals surface area contributed by atoms with Crippen molar-refractivity contribution in [1.29, 1.82) is 0 Å². The molecule has 1 atom stereocenters. The third-order valence-electron chi connectivity index (χ3n) is 5.20. The van der Waals surface area contributed by atoms with Crippen molar-refractivity contribution in [2.45, 2.75) is 18.8 Å². The second-order valence-corrected chi connectivity index (χ2v) is 6.62. The Morgan fingerprint density at radius 2 is 1.79 bits per heavy atom. The van der Waals surface area contributed by atoms with Gasteiger partial charge >= 0.3 is 0 Å². The number of hydrogen-bond acceptors (Lipinski definition) is 3. The molecule has 1 heterocycles. The fraction of sp³-hybridized carbons (Fsp3) is 0.300. The largest absolute Gasteiger partial charge is 0.504 e. The summed E-state index contributed by atoms with van der Waals surface area (Å²) >= 11 is 0. The summed E-state index contributed by atoms with van der Waals surface area (Å²) in [4.78, 5) is 2.32. The van der Waals surface area contributed by atoms with Gasteiger partial charge in [0.2, 0.25) is 0 Å². The molecule has 3 nitrogen and oxygen atoms in total. The smallest absolute Gasteiger partial charge is 0.161 e. The molecular formula is C20H22BrNO2. The van der Waals surface area contributed by atoms with Crippen LogP contribution in [0.2, 0.25) is 0 Å². The van der Waals surface area contributed by atoms with Crippen LogP contribution in [0.5, 0.6) is 11.5 Å². The summed E-state index contributed by atoms with van der Waals surface area (Å²) in [6, 6.07) is 14.1. The Morgan fingerprint density at radius 3 is 2.54 bits per heavy atom. The topological polar surface area (TPSA) is 43.7 Å². The van der Waals surface area contributed by atoms with E-state index < -0.39 is 0 Å². The fourth-order valence-electron chi connectivity index (χ4n) is 4.00. The van der Waals surface area contributed by atoms with Crippen molar-refractivity contribution in [2.75, 3.05) is 20.1 Å². The zero-order valence-corrected chi connectivity index (χ0v) is 15.4. The first-order valence-electron chi connectivity index (χ1n) is 8.14. The third-order valence-corrected chi connectivity index (χ3v) is 5.20. The van der Waals surface area contributed by atoms with Crippen LogP contribution in [0.15, 0.2) is 48.0 Å². The molecule has 2 aromatic carbocycles. The maximum absolute atomic E-state index is 10.4. The summed E-state index contributed by atoms with van der Waals surface area (Å²) in [6.45, 7) is 1.97. The van der Waals surface area contributed by atoms with E-state index in [1.807, 2.05) is 12.1 Å². The standard InChI is InChI=1S/C20H21NO2.BrH/c1-21-10-9-15-16(13-5-3-2-4-6-13)11-17-14(18(15)12-21)7-8-19(22)20(17)23;/h2-8,16,22-23H,9-12H2,1H3;1H. The molecule has 126 valence electrons. The van der Waals surface area contributed by atoms with Crippen LogP contribution in [-0.2, 0) is 6.42 Å². The molecule has 0 saturated heterocycles. The van der Waals surface area contributed by atoms with E-state index in [-0.39, 0.29) is 28.5 Å². The molecule has 24 heavy (non-hydrogen) atoms. The Balaban J connectivity index is 0.00000169. The molecule has 0 saturated carbocycles. The van der Waals surface area contributed by atoms with Crippen molar-refractivity contribution in [3.8, 4) is 11.5 Å². The van der Waals surface area contributed by atoms with E-state index in [4.69, 9.17) is 0 Å². The zero-order valence-electron chi connectivity index (χ0n) is 13.7. The Morgan fingerprint density at radius 1 is 1.04 bits per heavy atom. The van der Waals surface area contributed by atoms with Crippen molar-refractivity contribution in [3.05, 3.63) is 64.7 Å². The lowest BCUT2D eigenvalue weighted by molar-refractivity contribution is 0.357. The zero-order chi connectivity index (χ0) is 16.0. The van der Waals surface area contributed by atoms with Gasteiger partial charge in [0.05, 0.1) is 0 Å². The number of aromatic hydroxyl groups is 2. The van der Waals surface area contributed by atoms with Gasteiger partial charge in [-0.05, 0) is 42.7 Å². The van der Waals surface area contributed by atoms with Gasteiger partial charge in [-0.1, -0.05) is 42.0 Å². The van der Waals surface area contributed by atoms with Gasteiger partial charge in [-0.3, -0.25) is 0 Å². The van der Waals surface area contributed by atoms with Gasteiger partial charge in [-0.2, -0.15) is 0 Å². The molecule has 4 rings (SSSR count). The Labute approximate surface area is 153 Å². The first-order valence-corrected chi connectivity index (χ1v) is 8.14. The lowest BCUT2D eigenvalue weighted by Gasteiger charge is -2.37. The minimum Gasteiger partial charge on any atom is -0.504 e. The average molecular weight is 388 g/mol. The van der Waals surface area contributed by atoms with Crippen LogP contribution in [0.3, 0.4) is 0 Å². The van der Waals surface area contributed by atoms with E-state index in [9.17, 15) is 10.2 Å². The van der Waals surface area contributed by atoms with Gasteiger partial charge in [0.1, 0.15) is 0 Å². The van der Waals surface area contributed by atoms with Crippen LogP contribution in [0, 0.1) is 0 Å². The molecular weight excluding hydrogens is 366 g/mol. The van der Waals surface area contributed by atoms with E-state index in [0.29, 0.717) is 5.92 Å². The Hall–Kier alpha value is -1.78. The molecule has 0 radical (unpaired) electrons. The number of phenolic OH excluding ortho intramolecular Hbond substituents is 2. The van der Waals surface area contributed by atoms with Gasteiger partial charge in [-0.25, -0.2) is 0 Å². The van der Waals surface area contributed by atoms with Crippen LogP contribution in [0.4, 0.5) is 0 Å². The molecule has 0 amide bonds. The average Bonchev–Trinajstić information content (AvgIpc) is 2.58. The monoisotopic (exact) mass is 387 g/mol. The molecule has 1 aliphatic heterocycles. The number of hydrogen-bond donors (Lipinski definition) is 2. The first kappa shape index (κ1) is 17.1. The second kappa shape index (κ2) is 6.61. The number of likely N-dealkylation sites (N-methyl/N-ethyl adjacent to an activating group) is 1. The van der Waals surface area contributed by atoms with E-state index >= 15 is 0 Å². The lowest BCUT2D eigenvalue weighted by atomic mass is 9.73. The van der Waals surface area contributed by atoms with Crippen molar-refractivity contribution in [3.63, 3.8) is 0 Å². The molecule has 1 unspecified atom stereocenters. The van der Waals surface area contributed by atoms with E-state index in [1.54, 1.807) is 6.07 Å². The fourth-order valence-corrected chi connectivity index (χ4v) is 4.00. The normalized spacial score (nSPS) is 20.1. The number of rotatable bonds is 1. The maximum Gasteiger partial charge on any atom is 0.161 e. The Bertz CT molecular complexity index is 786. The van der Waals surface area contributed by atoms with Gasteiger partial charge in [0, 0.05) is 24.6 Å². The van der Waals surface area contributed by atoms with Crippen LogP contribution < -0.4 is 0 Å². The van der Waals surface area contributed by atoms with Crippen molar-refractivity contribution >= 4 is 22.6 Å². The highest BCUT2D eigenvalue weighted by Gasteiger charge is 2.33. The van der Waals surface area contributed by atoms with Crippen molar-refractivity contribution in [1.82, 2.24) is 4.90 Å². The van der Waals surface area contributed by atoms with Crippen LogP contribution in [-0.4, -0.2) is 35.3 Å². The Kier molecular flexibility index (Phi) is 4.70. The minimum absolute atomic E-state index is 0. The van der Waals surface area contributed by atoms with Gasteiger partial charge in [0.15, 0.2) is 11.5 Å².